The molecule has 3 rings (SSSR count). The van der Waals surface area contributed by atoms with Crippen molar-refractivity contribution >= 4 is 5.91 Å². The normalized spacial score (nSPS) is 18.7. The van der Waals surface area contributed by atoms with Crippen molar-refractivity contribution in [3.8, 4) is 0 Å². The summed E-state index contributed by atoms with van der Waals surface area (Å²) in [5.41, 5.74) is 1.85. The van der Waals surface area contributed by atoms with Crippen molar-refractivity contribution in [3.05, 3.63) is 51.7 Å². The van der Waals surface area contributed by atoms with Crippen molar-refractivity contribution < 1.29 is 4.79 Å². The Hall–Kier alpha value is -2.37. The van der Waals surface area contributed by atoms with Crippen molar-refractivity contribution in [1.82, 2.24) is 20.1 Å². The smallest absolute Gasteiger partial charge is 0.254 e. The van der Waals surface area contributed by atoms with Crippen molar-refractivity contribution in [1.29, 1.82) is 0 Å². The van der Waals surface area contributed by atoms with E-state index in [0.717, 1.165) is 25.0 Å². The Morgan fingerprint density at radius 1 is 1.38 bits per heavy atom. The molecule has 3 heterocycles. The molecule has 1 aliphatic heterocycles. The first kappa shape index (κ1) is 13.6. The van der Waals surface area contributed by atoms with E-state index in [9.17, 15) is 9.59 Å². The van der Waals surface area contributed by atoms with Crippen LogP contribution in [0.2, 0.25) is 0 Å². The molecule has 2 N–H and O–H groups in total. The minimum Gasteiger partial charge on any atom is -0.330 e. The number of hydrogen-bond acceptors (Lipinski definition) is 3. The SMILES string of the molecule is Cc1cc(C(=O)N2CCCCC2c2ccn[nH]2)cc(=O)[nH]1. The molecule has 2 aromatic heterocycles. The van der Waals surface area contributed by atoms with Gasteiger partial charge >= 0.3 is 0 Å². The highest BCUT2D eigenvalue weighted by atomic mass is 16.2. The number of rotatable bonds is 2. The molecule has 110 valence electrons. The fraction of sp³-hybridized carbons (Fsp3) is 0.400. The Morgan fingerprint density at radius 2 is 2.24 bits per heavy atom. The van der Waals surface area contributed by atoms with Crippen LogP contribution in [-0.4, -0.2) is 32.5 Å². The van der Waals surface area contributed by atoms with Crippen LogP contribution in [0.25, 0.3) is 0 Å². The first-order valence-electron chi connectivity index (χ1n) is 7.16. The lowest BCUT2D eigenvalue weighted by Crippen LogP contribution is -2.39. The van der Waals surface area contributed by atoms with Gasteiger partial charge in [-0.2, -0.15) is 5.10 Å². The van der Waals surface area contributed by atoms with Gasteiger partial charge in [0.05, 0.1) is 11.7 Å². The van der Waals surface area contributed by atoms with Gasteiger partial charge in [0.2, 0.25) is 5.56 Å². The third kappa shape index (κ3) is 2.74. The largest absolute Gasteiger partial charge is 0.330 e. The lowest BCUT2D eigenvalue weighted by atomic mass is 9.98. The van der Waals surface area contributed by atoms with Crippen LogP contribution in [0.3, 0.4) is 0 Å². The van der Waals surface area contributed by atoms with Gasteiger partial charge in [0.25, 0.3) is 5.91 Å². The number of aromatic amines is 2. The zero-order valence-corrected chi connectivity index (χ0v) is 11.9. The van der Waals surface area contributed by atoms with E-state index >= 15 is 0 Å². The van der Waals surface area contributed by atoms with Crippen LogP contribution in [-0.2, 0) is 0 Å². The summed E-state index contributed by atoms with van der Waals surface area (Å²) in [5, 5.41) is 6.93. The molecule has 2 aromatic rings. The molecule has 0 aliphatic carbocycles. The summed E-state index contributed by atoms with van der Waals surface area (Å²) in [7, 11) is 0. The standard InChI is InChI=1S/C15H18N4O2/c1-10-8-11(9-14(20)17-10)15(21)19-7-3-2-4-13(19)12-5-6-16-18-12/h5-6,8-9,13H,2-4,7H2,1H3,(H,16,18)(H,17,20). The van der Waals surface area contributed by atoms with Crippen LogP contribution >= 0.6 is 0 Å². The summed E-state index contributed by atoms with van der Waals surface area (Å²) >= 11 is 0. The van der Waals surface area contributed by atoms with Gasteiger partial charge in [0, 0.05) is 30.1 Å². The number of aryl methyl sites for hydroxylation is 1. The van der Waals surface area contributed by atoms with Gasteiger partial charge < -0.3 is 9.88 Å². The molecule has 1 unspecified atom stereocenters. The monoisotopic (exact) mass is 286 g/mol. The van der Waals surface area contributed by atoms with Gasteiger partial charge in [-0.25, -0.2) is 0 Å². The van der Waals surface area contributed by atoms with E-state index in [1.54, 1.807) is 19.2 Å². The Kier molecular flexibility index (Phi) is 3.60. The predicted molar refractivity (Wildman–Crippen MR) is 78.0 cm³/mol. The van der Waals surface area contributed by atoms with Crippen LogP contribution in [0.4, 0.5) is 0 Å². The summed E-state index contributed by atoms with van der Waals surface area (Å²) in [5.74, 6) is -0.0940. The Labute approximate surface area is 122 Å². The summed E-state index contributed by atoms with van der Waals surface area (Å²) in [6.07, 6.45) is 4.68. The molecule has 0 radical (unpaired) electrons. The molecule has 21 heavy (non-hydrogen) atoms. The van der Waals surface area contributed by atoms with Gasteiger partial charge in [0.1, 0.15) is 0 Å². The average Bonchev–Trinajstić information content (AvgIpc) is 2.99. The van der Waals surface area contributed by atoms with Crippen LogP contribution in [0, 0.1) is 6.92 Å². The minimum atomic E-state index is -0.242. The molecular formula is C15H18N4O2. The zero-order valence-electron chi connectivity index (χ0n) is 11.9. The van der Waals surface area contributed by atoms with Crippen molar-refractivity contribution in [2.24, 2.45) is 0 Å². The molecule has 1 fully saturated rings. The second kappa shape index (κ2) is 5.55. The predicted octanol–water partition coefficient (Wildman–Crippen LogP) is 1.77. The number of nitrogens with one attached hydrogen (secondary N) is 2. The van der Waals surface area contributed by atoms with Crippen molar-refractivity contribution in [2.75, 3.05) is 6.54 Å². The molecule has 6 nitrogen and oxygen atoms in total. The molecule has 1 amide bonds. The maximum atomic E-state index is 12.7. The highest BCUT2D eigenvalue weighted by molar-refractivity contribution is 5.94. The number of H-pyrrole nitrogens is 2. The number of piperidine rings is 1. The number of carbonyl (C=O) groups excluding carboxylic acids is 1. The van der Waals surface area contributed by atoms with E-state index in [2.05, 4.69) is 15.2 Å². The topological polar surface area (TPSA) is 81.8 Å². The first-order valence-corrected chi connectivity index (χ1v) is 7.16. The van der Waals surface area contributed by atoms with E-state index < -0.39 is 0 Å². The fourth-order valence-corrected chi connectivity index (χ4v) is 2.92. The molecule has 0 bridgehead atoms. The van der Waals surface area contributed by atoms with Crippen LogP contribution in [0.15, 0.2) is 29.2 Å². The van der Waals surface area contributed by atoms with E-state index in [-0.39, 0.29) is 17.5 Å². The lowest BCUT2D eigenvalue weighted by Gasteiger charge is -2.35. The van der Waals surface area contributed by atoms with E-state index in [1.807, 2.05) is 11.0 Å². The molecule has 1 atom stereocenters. The number of aromatic nitrogens is 3. The number of amides is 1. The molecule has 1 aliphatic rings. The number of hydrogen-bond donors (Lipinski definition) is 2. The first-order chi connectivity index (χ1) is 10.1. The second-order valence-corrected chi connectivity index (χ2v) is 5.44. The highest BCUT2D eigenvalue weighted by Crippen LogP contribution is 2.30. The Balaban J connectivity index is 1.92. The molecular weight excluding hydrogens is 268 g/mol. The molecule has 6 heteroatoms. The third-order valence-corrected chi connectivity index (χ3v) is 3.87. The minimum absolute atomic E-state index is 0.00773. The van der Waals surface area contributed by atoms with Crippen LogP contribution < -0.4 is 5.56 Å². The molecule has 1 saturated heterocycles. The van der Waals surface area contributed by atoms with Crippen molar-refractivity contribution in [2.45, 2.75) is 32.2 Å². The number of carbonyl (C=O) groups is 1. The van der Waals surface area contributed by atoms with E-state index in [4.69, 9.17) is 0 Å². The Morgan fingerprint density at radius 3 is 2.95 bits per heavy atom. The average molecular weight is 286 g/mol. The van der Waals surface area contributed by atoms with Gasteiger partial charge in [-0.15, -0.1) is 0 Å². The maximum Gasteiger partial charge on any atom is 0.254 e. The summed E-state index contributed by atoms with van der Waals surface area (Å²) in [4.78, 5) is 28.8. The number of likely N-dealkylation sites (tertiary alicyclic amines) is 1. The number of nitrogens with zero attached hydrogens (tertiary/aromatic N) is 2. The fourth-order valence-electron chi connectivity index (χ4n) is 2.92. The summed E-state index contributed by atoms with van der Waals surface area (Å²) in [6.45, 7) is 2.48. The molecule has 0 spiro atoms. The van der Waals surface area contributed by atoms with Crippen LogP contribution in [0.1, 0.15) is 47.1 Å². The number of pyridine rings is 1. The zero-order chi connectivity index (χ0) is 14.8. The van der Waals surface area contributed by atoms with Crippen LogP contribution in [0.5, 0.6) is 0 Å². The third-order valence-electron chi connectivity index (χ3n) is 3.87. The maximum absolute atomic E-state index is 12.7. The van der Waals surface area contributed by atoms with Gasteiger partial charge in [-0.3, -0.25) is 14.7 Å². The van der Waals surface area contributed by atoms with Crippen molar-refractivity contribution in [3.63, 3.8) is 0 Å². The van der Waals surface area contributed by atoms with Gasteiger partial charge in [-0.1, -0.05) is 0 Å². The highest BCUT2D eigenvalue weighted by Gasteiger charge is 2.29. The van der Waals surface area contributed by atoms with Gasteiger partial charge in [0.15, 0.2) is 0 Å². The lowest BCUT2D eigenvalue weighted by molar-refractivity contribution is 0.0605. The summed E-state index contributed by atoms with van der Waals surface area (Å²) in [6, 6.07) is 5.00. The van der Waals surface area contributed by atoms with Gasteiger partial charge in [-0.05, 0) is 38.3 Å². The van der Waals surface area contributed by atoms with E-state index in [1.165, 1.54) is 6.07 Å². The molecule has 0 saturated carbocycles. The second-order valence-electron chi connectivity index (χ2n) is 5.44. The molecule has 0 aromatic carbocycles. The quantitative estimate of drug-likeness (QED) is 0.882. The summed E-state index contributed by atoms with van der Waals surface area (Å²) < 4.78 is 0. The van der Waals surface area contributed by atoms with E-state index in [0.29, 0.717) is 17.8 Å². The Bertz CT molecular complexity index is 690.